The maximum absolute atomic E-state index is 13.2. The van der Waals surface area contributed by atoms with Crippen LogP contribution in [0.5, 0.6) is 5.75 Å². The highest BCUT2D eigenvalue weighted by Gasteiger charge is 2.35. The Bertz CT molecular complexity index is 1560. The molecule has 0 unspecified atom stereocenters. The van der Waals surface area contributed by atoms with Gasteiger partial charge in [-0.1, -0.05) is 17.7 Å². The van der Waals surface area contributed by atoms with E-state index in [4.69, 9.17) is 33.0 Å². The number of hydrogen-bond acceptors (Lipinski definition) is 8. The third-order valence-electron chi connectivity index (χ3n) is 5.24. The Morgan fingerprint density at radius 2 is 2.06 bits per heavy atom. The number of aryl methyl sites for hydroxylation is 1. The van der Waals surface area contributed by atoms with Crippen LogP contribution in [0.4, 0.5) is 5.69 Å². The van der Waals surface area contributed by atoms with Crippen molar-refractivity contribution in [3.05, 3.63) is 70.5 Å². The lowest BCUT2D eigenvalue weighted by atomic mass is 10.1. The Balaban J connectivity index is 1.38. The Hall–Kier alpha value is -3.18. The van der Waals surface area contributed by atoms with Crippen molar-refractivity contribution in [3.63, 3.8) is 0 Å². The molecule has 3 heterocycles. The predicted octanol–water partition coefficient (Wildman–Crippen LogP) is 6.23. The minimum atomic E-state index is -0.596. The summed E-state index contributed by atoms with van der Waals surface area (Å²) in [5, 5.41) is 3.61. The molecular weight excluding hydrogens is 538 g/mol. The number of anilines is 1. The van der Waals surface area contributed by atoms with E-state index in [2.05, 4.69) is 10.3 Å². The highest BCUT2D eigenvalue weighted by atomic mass is 35.5. The van der Waals surface area contributed by atoms with Crippen molar-refractivity contribution in [2.45, 2.75) is 23.3 Å². The number of carbonyl (C=O) groups is 2. The van der Waals surface area contributed by atoms with Gasteiger partial charge in [-0.3, -0.25) is 19.8 Å². The first-order valence-electron chi connectivity index (χ1n) is 10.8. The van der Waals surface area contributed by atoms with E-state index in [1.807, 2.05) is 32.0 Å². The average molecular weight is 556 g/mol. The Labute approximate surface area is 225 Å². The number of furan rings is 1. The van der Waals surface area contributed by atoms with Gasteiger partial charge >= 0.3 is 0 Å². The lowest BCUT2D eigenvalue weighted by Crippen LogP contribution is -2.54. The molecule has 2 aromatic heterocycles. The largest absolute Gasteiger partial charge is 0.494 e. The maximum atomic E-state index is 13.2. The Kier molecular flexibility index (Phi) is 6.85. The molecule has 0 radical (unpaired) electrons. The Morgan fingerprint density at radius 3 is 2.83 bits per heavy atom. The van der Waals surface area contributed by atoms with Crippen LogP contribution in [0.15, 0.2) is 68.0 Å². The second-order valence-corrected chi connectivity index (χ2v) is 10.8. The lowest BCUT2D eigenvalue weighted by molar-refractivity contribution is -0.122. The summed E-state index contributed by atoms with van der Waals surface area (Å²) in [5.74, 6) is -0.00805. The number of nitrogens with zero attached hydrogens (tertiary/aromatic N) is 2. The van der Waals surface area contributed by atoms with E-state index in [0.717, 1.165) is 25.9 Å². The van der Waals surface area contributed by atoms with Crippen molar-refractivity contribution >= 4 is 85.8 Å². The average Bonchev–Trinajstić information content (AvgIpc) is 3.45. The van der Waals surface area contributed by atoms with Crippen LogP contribution in [-0.4, -0.2) is 28.5 Å². The molecule has 2 aromatic carbocycles. The summed E-state index contributed by atoms with van der Waals surface area (Å²) < 4.78 is 13.2. The van der Waals surface area contributed by atoms with Gasteiger partial charge in [-0.15, -0.1) is 11.3 Å². The van der Waals surface area contributed by atoms with Gasteiger partial charge in [0.05, 0.1) is 22.5 Å². The van der Waals surface area contributed by atoms with Gasteiger partial charge in [0.25, 0.3) is 11.8 Å². The molecule has 36 heavy (non-hydrogen) atoms. The highest BCUT2D eigenvalue weighted by molar-refractivity contribution is 8.01. The minimum Gasteiger partial charge on any atom is -0.494 e. The summed E-state index contributed by atoms with van der Waals surface area (Å²) in [7, 11) is 0. The van der Waals surface area contributed by atoms with Gasteiger partial charge in [0.15, 0.2) is 14.5 Å². The molecular formula is C25H18ClN3O4S3. The van der Waals surface area contributed by atoms with Crippen LogP contribution in [0.2, 0.25) is 5.02 Å². The lowest BCUT2D eigenvalue weighted by Gasteiger charge is -2.29. The van der Waals surface area contributed by atoms with Crippen LogP contribution in [0.1, 0.15) is 18.2 Å². The first-order chi connectivity index (χ1) is 17.3. The third-order valence-corrected chi connectivity index (χ3v) is 7.93. The maximum Gasteiger partial charge on any atom is 0.270 e. The quantitative estimate of drug-likeness (QED) is 0.171. The number of halogens is 1. The summed E-state index contributed by atoms with van der Waals surface area (Å²) in [6.45, 7) is 4.39. The smallest absolute Gasteiger partial charge is 0.270 e. The first-order valence-corrected chi connectivity index (χ1v) is 13.2. The second-order valence-electron chi connectivity index (χ2n) is 7.69. The fraction of sp³-hybridized carbons (Fsp3) is 0.120. The van der Waals surface area contributed by atoms with Gasteiger partial charge < -0.3 is 9.15 Å². The summed E-state index contributed by atoms with van der Waals surface area (Å²) in [6.07, 6.45) is 1.40. The van der Waals surface area contributed by atoms with E-state index >= 15 is 0 Å². The summed E-state index contributed by atoms with van der Waals surface area (Å²) >= 11 is 14.4. The van der Waals surface area contributed by atoms with Crippen molar-refractivity contribution in [1.82, 2.24) is 10.3 Å². The molecule has 1 saturated heterocycles. The van der Waals surface area contributed by atoms with Gasteiger partial charge in [0.2, 0.25) is 0 Å². The van der Waals surface area contributed by atoms with Gasteiger partial charge in [0, 0.05) is 5.02 Å². The summed E-state index contributed by atoms with van der Waals surface area (Å²) in [4.78, 5) is 31.7. The summed E-state index contributed by atoms with van der Waals surface area (Å²) in [5.41, 5.74) is 2.09. The number of hydrogen-bond donors (Lipinski definition) is 1. The van der Waals surface area contributed by atoms with E-state index in [9.17, 15) is 9.59 Å². The number of amides is 2. The normalized spacial score (nSPS) is 15.1. The molecule has 0 atom stereocenters. The second kappa shape index (κ2) is 10.1. The zero-order chi connectivity index (χ0) is 25.4. The van der Waals surface area contributed by atoms with E-state index < -0.39 is 11.8 Å². The number of ether oxygens (including phenoxy) is 1. The van der Waals surface area contributed by atoms with E-state index in [-0.39, 0.29) is 10.7 Å². The molecule has 0 saturated carbocycles. The van der Waals surface area contributed by atoms with Crippen molar-refractivity contribution in [2.24, 2.45) is 0 Å². The number of fused-ring (bicyclic) bond motifs is 1. The van der Waals surface area contributed by atoms with Crippen LogP contribution in [-0.2, 0) is 9.59 Å². The van der Waals surface area contributed by atoms with Gasteiger partial charge in [0.1, 0.15) is 17.1 Å². The molecule has 2 amide bonds. The molecule has 4 aromatic rings. The number of rotatable bonds is 6. The van der Waals surface area contributed by atoms with Crippen molar-refractivity contribution in [2.75, 3.05) is 11.5 Å². The molecule has 0 aliphatic carbocycles. The minimum absolute atomic E-state index is 0.0129. The predicted molar refractivity (Wildman–Crippen MR) is 146 cm³/mol. The monoisotopic (exact) mass is 555 g/mol. The molecule has 1 aliphatic rings. The van der Waals surface area contributed by atoms with Crippen LogP contribution in [0.3, 0.4) is 0 Å². The van der Waals surface area contributed by atoms with Crippen molar-refractivity contribution < 1.29 is 18.7 Å². The van der Waals surface area contributed by atoms with E-state index in [0.29, 0.717) is 28.2 Å². The van der Waals surface area contributed by atoms with Crippen molar-refractivity contribution in [3.8, 4) is 5.75 Å². The van der Waals surface area contributed by atoms with Gasteiger partial charge in [-0.05, 0) is 91.9 Å². The van der Waals surface area contributed by atoms with Crippen LogP contribution >= 0.6 is 46.9 Å². The standard InChI is InChI=1S/C25H18ClN3O4S3/c1-3-32-15-6-8-19-20(12-15)35-25(27-19)36-21-9-7-16(33-21)11-17-22(30)28-24(34)29(23(17)31)14-5-4-13(2)18(26)10-14/h4-12H,3H2,1-2H3,(H,28,30,34)/b17-11+. The molecule has 5 rings (SSSR count). The molecule has 7 nitrogen and oxygen atoms in total. The molecule has 182 valence electrons. The molecule has 1 aliphatic heterocycles. The number of thiocarbonyl (C=S) groups is 1. The molecule has 1 fully saturated rings. The van der Waals surface area contributed by atoms with Gasteiger partial charge in [-0.25, -0.2) is 4.98 Å². The fourth-order valence-electron chi connectivity index (χ4n) is 3.49. The SMILES string of the molecule is CCOc1ccc2nc(Sc3ccc(/C=C4\C(=O)NC(=S)N(c5ccc(C)c(Cl)c5)C4=O)o3)sc2c1. The zero-order valence-corrected chi connectivity index (χ0v) is 22.2. The molecule has 11 heteroatoms. The molecule has 0 spiro atoms. The van der Waals surface area contributed by atoms with Crippen LogP contribution in [0, 0.1) is 6.92 Å². The topological polar surface area (TPSA) is 84.7 Å². The molecule has 1 N–H and O–H groups in total. The summed E-state index contributed by atoms with van der Waals surface area (Å²) in [6, 6.07) is 14.4. The number of benzene rings is 2. The number of aromatic nitrogens is 1. The Morgan fingerprint density at radius 1 is 1.22 bits per heavy atom. The third kappa shape index (κ3) is 4.90. The van der Waals surface area contributed by atoms with Gasteiger partial charge in [-0.2, -0.15) is 0 Å². The van der Waals surface area contributed by atoms with Crippen molar-refractivity contribution in [1.29, 1.82) is 0 Å². The van der Waals surface area contributed by atoms with Crippen LogP contribution < -0.4 is 15.0 Å². The van der Waals surface area contributed by atoms with E-state index in [1.54, 1.807) is 30.3 Å². The number of thiazole rings is 1. The fourth-order valence-corrected chi connectivity index (χ4v) is 5.95. The van der Waals surface area contributed by atoms with Crippen LogP contribution in [0.25, 0.3) is 16.3 Å². The highest BCUT2D eigenvalue weighted by Crippen LogP contribution is 2.37. The number of carbonyl (C=O) groups excluding carboxylic acids is 2. The zero-order valence-electron chi connectivity index (χ0n) is 19.0. The number of nitrogens with one attached hydrogen (secondary N) is 1. The van der Waals surface area contributed by atoms with E-state index in [1.165, 1.54) is 34.1 Å². The molecule has 0 bridgehead atoms. The first kappa shape index (κ1) is 24.5.